The molecule has 2 heterocycles. The van der Waals surface area contributed by atoms with Crippen molar-refractivity contribution in [2.24, 2.45) is 0 Å². The molecular formula is C12H22N4. The van der Waals surface area contributed by atoms with Gasteiger partial charge in [-0.05, 0) is 19.4 Å². The third-order valence-electron chi connectivity index (χ3n) is 2.61. The van der Waals surface area contributed by atoms with E-state index < -0.39 is 0 Å². The van der Waals surface area contributed by atoms with Crippen molar-refractivity contribution in [3.8, 4) is 0 Å². The third kappa shape index (κ3) is 3.17. The first-order chi connectivity index (χ1) is 7.77. The fourth-order valence-corrected chi connectivity index (χ4v) is 1.53. The predicted molar refractivity (Wildman–Crippen MR) is 67.9 cm³/mol. The Bertz CT molecular complexity index is 319. The molecule has 2 rings (SSSR count). The lowest BCUT2D eigenvalue weighted by Crippen LogP contribution is -2.44. The number of hydrogen-bond acceptors (Lipinski definition) is 4. The highest BCUT2D eigenvalue weighted by atomic mass is 15.3. The number of nitrogens with zero attached hydrogens (tertiary/aromatic N) is 3. The van der Waals surface area contributed by atoms with Crippen molar-refractivity contribution in [2.45, 2.75) is 27.7 Å². The van der Waals surface area contributed by atoms with Gasteiger partial charge in [-0.3, -0.25) is 0 Å². The lowest BCUT2D eigenvalue weighted by molar-refractivity contribution is 0.579. The second-order valence-corrected chi connectivity index (χ2v) is 3.68. The Hall–Kier alpha value is -1.16. The summed E-state index contributed by atoms with van der Waals surface area (Å²) < 4.78 is 0. The molecule has 0 radical (unpaired) electrons. The summed E-state index contributed by atoms with van der Waals surface area (Å²) in [6.45, 7) is 12.1. The molecule has 1 aliphatic rings. The minimum absolute atomic E-state index is 0.870. The standard InChI is InChI=1S/C10H16N4.C2H6/c1-8-7-12-10(13-9(8)2)14-5-3-11-4-6-14;1-2/h7,11H,3-6H2,1-2H3;1-2H3. The molecule has 0 aromatic carbocycles. The van der Waals surface area contributed by atoms with Gasteiger partial charge < -0.3 is 10.2 Å². The van der Waals surface area contributed by atoms with Crippen molar-refractivity contribution in [2.75, 3.05) is 31.1 Å². The summed E-state index contributed by atoms with van der Waals surface area (Å²) in [5.41, 5.74) is 2.23. The van der Waals surface area contributed by atoms with E-state index in [9.17, 15) is 0 Å². The minimum Gasteiger partial charge on any atom is -0.338 e. The van der Waals surface area contributed by atoms with Gasteiger partial charge in [-0.15, -0.1) is 0 Å². The van der Waals surface area contributed by atoms with E-state index in [1.807, 2.05) is 33.9 Å². The fourth-order valence-electron chi connectivity index (χ4n) is 1.53. The second-order valence-electron chi connectivity index (χ2n) is 3.68. The van der Waals surface area contributed by atoms with Crippen molar-refractivity contribution >= 4 is 5.95 Å². The number of hydrogen-bond donors (Lipinski definition) is 1. The molecule has 1 aliphatic heterocycles. The summed E-state index contributed by atoms with van der Waals surface area (Å²) in [5.74, 6) is 0.870. The van der Waals surface area contributed by atoms with Crippen molar-refractivity contribution in [1.82, 2.24) is 15.3 Å². The fraction of sp³-hybridized carbons (Fsp3) is 0.667. The molecule has 90 valence electrons. The van der Waals surface area contributed by atoms with Crippen molar-refractivity contribution in [3.63, 3.8) is 0 Å². The van der Waals surface area contributed by atoms with Gasteiger partial charge in [0, 0.05) is 38.1 Å². The van der Waals surface area contributed by atoms with Crippen LogP contribution >= 0.6 is 0 Å². The molecule has 4 heteroatoms. The summed E-state index contributed by atoms with van der Waals surface area (Å²) in [5, 5.41) is 3.31. The topological polar surface area (TPSA) is 41.1 Å². The number of nitrogens with one attached hydrogen (secondary N) is 1. The van der Waals surface area contributed by atoms with E-state index in [-0.39, 0.29) is 0 Å². The molecule has 0 aliphatic carbocycles. The van der Waals surface area contributed by atoms with Crippen LogP contribution in [-0.4, -0.2) is 36.1 Å². The molecule has 1 aromatic heterocycles. The smallest absolute Gasteiger partial charge is 0.225 e. The Morgan fingerprint density at radius 1 is 1.19 bits per heavy atom. The van der Waals surface area contributed by atoms with Crippen molar-refractivity contribution in [3.05, 3.63) is 17.5 Å². The molecule has 4 nitrogen and oxygen atoms in total. The van der Waals surface area contributed by atoms with Crippen LogP contribution in [0.3, 0.4) is 0 Å². The number of aryl methyl sites for hydroxylation is 2. The van der Waals surface area contributed by atoms with Crippen LogP contribution in [-0.2, 0) is 0 Å². The van der Waals surface area contributed by atoms with E-state index in [0.717, 1.165) is 43.4 Å². The molecule has 1 aromatic rings. The summed E-state index contributed by atoms with van der Waals surface area (Å²) in [6, 6.07) is 0. The van der Waals surface area contributed by atoms with Gasteiger partial charge in [-0.25, -0.2) is 9.97 Å². The van der Waals surface area contributed by atoms with Crippen LogP contribution in [0.2, 0.25) is 0 Å². The van der Waals surface area contributed by atoms with Gasteiger partial charge >= 0.3 is 0 Å². The lowest BCUT2D eigenvalue weighted by Gasteiger charge is -2.27. The van der Waals surface area contributed by atoms with Gasteiger partial charge in [-0.1, -0.05) is 13.8 Å². The van der Waals surface area contributed by atoms with Crippen LogP contribution in [0.25, 0.3) is 0 Å². The first-order valence-corrected chi connectivity index (χ1v) is 6.03. The largest absolute Gasteiger partial charge is 0.338 e. The van der Waals surface area contributed by atoms with E-state index in [2.05, 4.69) is 20.2 Å². The average Bonchev–Trinajstić information content (AvgIpc) is 2.36. The van der Waals surface area contributed by atoms with Gasteiger partial charge in [0.1, 0.15) is 0 Å². The first-order valence-electron chi connectivity index (χ1n) is 6.03. The van der Waals surface area contributed by atoms with E-state index >= 15 is 0 Å². The number of aromatic nitrogens is 2. The molecule has 0 unspecified atom stereocenters. The van der Waals surface area contributed by atoms with E-state index in [1.165, 1.54) is 0 Å². The minimum atomic E-state index is 0.870. The summed E-state index contributed by atoms with van der Waals surface area (Å²) in [4.78, 5) is 11.1. The maximum Gasteiger partial charge on any atom is 0.225 e. The van der Waals surface area contributed by atoms with Crippen LogP contribution in [0.15, 0.2) is 6.20 Å². The first kappa shape index (κ1) is 12.9. The van der Waals surface area contributed by atoms with Crippen LogP contribution in [0, 0.1) is 13.8 Å². The van der Waals surface area contributed by atoms with E-state index in [4.69, 9.17) is 0 Å². The maximum atomic E-state index is 4.48. The monoisotopic (exact) mass is 222 g/mol. The molecule has 0 amide bonds. The molecule has 1 saturated heterocycles. The molecule has 1 fully saturated rings. The van der Waals surface area contributed by atoms with Crippen LogP contribution in [0.5, 0.6) is 0 Å². The van der Waals surface area contributed by atoms with Gasteiger partial charge in [0.05, 0.1) is 0 Å². The van der Waals surface area contributed by atoms with E-state index in [1.54, 1.807) is 0 Å². The molecule has 0 bridgehead atoms. The maximum absolute atomic E-state index is 4.48. The zero-order valence-corrected chi connectivity index (χ0v) is 10.7. The second kappa shape index (κ2) is 6.43. The highest BCUT2D eigenvalue weighted by molar-refractivity contribution is 5.33. The van der Waals surface area contributed by atoms with Crippen LogP contribution < -0.4 is 10.2 Å². The third-order valence-corrected chi connectivity index (χ3v) is 2.61. The zero-order chi connectivity index (χ0) is 12.0. The highest BCUT2D eigenvalue weighted by Crippen LogP contribution is 2.10. The number of anilines is 1. The van der Waals surface area contributed by atoms with Gasteiger partial charge in [-0.2, -0.15) is 0 Å². The molecule has 0 spiro atoms. The van der Waals surface area contributed by atoms with Crippen LogP contribution in [0.1, 0.15) is 25.1 Å². The predicted octanol–water partition coefficient (Wildman–Crippen LogP) is 1.53. The number of piperazine rings is 1. The van der Waals surface area contributed by atoms with Gasteiger partial charge in [0.2, 0.25) is 5.95 Å². The Kier molecular flexibility index (Phi) is 5.19. The SMILES string of the molecule is CC.Cc1cnc(N2CCNCC2)nc1C. The summed E-state index contributed by atoms with van der Waals surface area (Å²) in [6.07, 6.45) is 1.90. The normalized spacial score (nSPS) is 15.4. The average molecular weight is 222 g/mol. The molecule has 0 saturated carbocycles. The van der Waals surface area contributed by atoms with Crippen molar-refractivity contribution in [1.29, 1.82) is 0 Å². The van der Waals surface area contributed by atoms with Gasteiger partial charge in [0.15, 0.2) is 0 Å². The lowest BCUT2D eigenvalue weighted by atomic mass is 10.3. The zero-order valence-electron chi connectivity index (χ0n) is 10.7. The Morgan fingerprint density at radius 3 is 2.38 bits per heavy atom. The number of rotatable bonds is 1. The van der Waals surface area contributed by atoms with E-state index in [0.29, 0.717) is 0 Å². The molecule has 16 heavy (non-hydrogen) atoms. The van der Waals surface area contributed by atoms with Gasteiger partial charge in [0.25, 0.3) is 0 Å². The Morgan fingerprint density at radius 2 is 1.81 bits per heavy atom. The summed E-state index contributed by atoms with van der Waals surface area (Å²) in [7, 11) is 0. The molecule has 1 N–H and O–H groups in total. The summed E-state index contributed by atoms with van der Waals surface area (Å²) >= 11 is 0. The van der Waals surface area contributed by atoms with Crippen LogP contribution in [0.4, 0.5) is 5.95 Å². The highest BCUT2D eigenvalue weighted by Gasteiger charge is 2.12. The Labute approximate surface area is 98.1 Å². The molecule has 0 atom stereocenters. The molecular weight excluding hydrogens is 200 g/mol. The van der Waals surface area contributed by atoms with Crippen molar-refractivity contribution < 1.29 is 0 Å². The quantitative estimate of drug-likeness (QED) is 0.782. The Balaban J connectivity index is 0.000000606.